The van der Waals surface area contributed by atoms with E-state index in [0.29, 0.717) is 22.3 Å². The Morgan fingerprint density at radius 1 is 0.952 bits per heavy atom. The maximum Gasteiger partial charge on any atom is 0.203 e. The smallest absolute Gasteiger partial charge is 0.203 e. The summed E-state index contributed by atoms with van der Waals surface area (Å²) in [4.78, 5) is 0. The van der Waals surface area contributed by atoms with Gasteiger partial charge in [-0.1, -0.05) is 23.7 Å². The summed E-state index contributed by atoms with van der Waals surface area (Å²) >= 11 is 6.38. The second-order valence-corrected chi connectivity index (χ2v) is 5.20. The third kappa shape index (κ3) is 1.87. The minimum Gasteiger partial charge on any atom is -0.493 e. The van der Waals surface area contributed by atoms with Gasteiger partial charge >= 0.3 is 0 Å². The van der Waals surface area contributed by atoms with E-state index in [0.717, 1.165) is 22.3 Å². The molecular formula is C16H16ClNO3. The molecular weight excluding hydrogens is 290 g/mol. The van der Waals surface area contributed by atoms with Crippen molar-refractivity contribution < 1.29 is 14.2 Å². The highest BCUT2D eigenvalue weighted by Crippen LogP contribution is 2.55. The molecule has 2 N–H and O–H groups in total. The van der Waals surface area contributed by atoms with Crippen molar-refractivity contribution in [3.63, 3.8) is 0 Å². The van der Waals surface area contributed by atoms with Crippen LogP contribution in [0.5, 0.6) is 17.2 Å². The van der Waals surface area contributed by atoms with E-state index in [2.05, 4.69) is 0 Å². The van der Waals surface area contributed by atoms with E-state index in [1.54, 1.807) is 21.3 Å². The van der Waals surface area contributed by atoms with Crippen molar-refractivity contribution in [2.75, 3.05) is 21.3 Å². The average Bonchev–Trinajstić information content (AvgIpc) is 2.79. The van der Waals surface area contributed by atoms with Crippen LogP contribution in [0, 0.1) is 0 Å². The largest absolute Gasteiger partial charge is 0.493 e. The summed E-state index contributed by atoms with van der Waals surface area (Å²) in [6.45, 7) is 0. The molecule has 0 aromatic heterocycles. The highest BCUT2D eigenvalue weighted by Gasteiger charge is 2.34. The van der Waals surface area contributed by atoms with Crippen LogP contribution < -0.4 is 19.9 Å². The molecule has 0 radical (unpaired) electrons. The fourth-order valence-corrected chi connectivity index (χ4v) is 3.19. The maximum atomic E-state index is 6.38. The average molecular weight is 306 g/mol. The first-order chi connectivity index (χ1) is 10.1. The van der Waals surface area contributed by atoms with Gasteiger partial charge in [0.15, 0.2) is 11.5 Å². The predicted octanol–water partition coefficient (Wildman–Crippen LogP) is 3.39. The quantitative estimate of drug-likeness (QED) is 0.944. The van der Waals surface area contributed by atoms with Gasteiger partial charge in [0.1, 0.15) is 0 Å². The standard InChI is InChI=1S/C16H16ClNO3/c1-19-11-7-9-13(16(21-3)15(11)20-2)12-8(14(9)18)5-4-6-10(12)17/h4-7,14H,18H2,1-3H3. The van der Waals surface area contributed by atoms with Gasteiger partial charge in [-0.2, -0.15) is 0 Å². The predicted molar refractivity (Wildman–Crippen MR) is 82.6 cm³/mol. The SMILES string of the molecule is COc1cc2c(c(OC)c1OC)-c1c(Cl)cccc1C2N. The molecule has 4 nitrogen and oxygen atoms in total. The molecule has 110 valence electrons. The molecule has 1 aliphatic rings. The topological polar surface area (TPSA) is 53.7 Å². The van der Waals surface area contributed by atoms with Gasteiger partial charge in [-0.05, 0) is 23.3 Å². The molecule has 0 spiro atoms. The van der Waals surface area contributed by atoms with Crippen LogP contribution in [0.25, 0.3) is 11.1 Å². The summed E-state index contributed by atoms with van der Waals surface area (Å²) in [7, 11) is 4.76. The Bertz CT molecular complexity index is 715. The lowest BCUT2D eigenvalue weighted by Gasteiger charge is -2.17. The van der Waals surface area contributed by atoms with Crippen LogP contribution in [0.1, 0.15) is 17.2 Å². The molecule has 0 saturated carbocycles. The molecule has 0 aliphatic heterocycles. The van der Waals surface area contributed by atoms with Crippen molar-refractivity contribution >= 4 is 11.6 Å². The lowest BCUT2D eigenvalue weighted by atomic mass is 10.0. The van der Waals surface area contributed by atoms with Crippen molar-refractivity contribution in [3.8, 4) is 28.4 Å². The molecule has 2 aromatic rings. The molecule has 2 aromatic carbocycles. The third-order valence-corrected chi connectivity index (χ3v) is 4.14. The van der Waals surface area contributed by atoms with Crippen LogP contribution in [0.4, 0.5) is 0 Å². The molecule has 1 unspecified atom stereocenters. The van der Waals surface area contributed by atoms with E-state index in [4.69, 9.17) is 31.5 Å². The monoisotopic (exact) mass is 305 g/mol. The molecule has 0 saturated heterocycles. The Morgan fingerprint density at radius 2 is 1.67 bits per heavy atom. The van der Waals surface area contributed by atoms with Gasteiger partial charge in [0.25, 0.3) is 0 Å². The Kier molecular flexibility index (Phi) is 3.43. The number of benzene rings is 2. The lowest BCUT2D eigenvalue weighted by Crippen LogP contribution is -2.08. The van der Waals surface area contributed by atoms with Gasteiger partial charge in [-0.3, -0.25) is 0 Å². The fraction of sp³-hybridized carbons (Fsp3) is 0.250. The number of hydrogen-bond donors (Lipinski definition) is 1. The number of hydrogen-bond acceptors (Lipinski definition) is 4. The fourth-order valence-electron chi connectivity index (χ4n) is 2.91. The highest BCUT2D eigenvalue weighted by atomic mass is 35.5. The van der Waals surface area contributed by atoms with Gasteiger partial charge in [-0.25, -0.2) is 0 Å². The van der Waals surface area contributed by atoms with Gasteiger partial charge in [0.05, 0.1) is 27.4 Å². The Balaban J connectivity index is 2.41. The van der Waals surface area contributed by atoms with Gasteiger partial charge < -0.3 is 19.9 Å². The van der Waals surface area contributed by atoms with Crippen LogP contribution in [0.2, 0.25) is 5.02 Å². The molecule has 21 heavy (non-hydrogen) atoms. The third-order valence-electron chi connectivity index (χ3n) is 3.83. The van der Waals surface area contributed by atoms with Crippen LogP contribution in [0.15, 0.2) is 24.3 Å². The van der Waals surface area contributed by atoms with E-state index in [1.807, 2.05) is 24.3 Å². The summed E-state index contributed by atoms with van der Waals surface area (Å²) in [5.74, 6) is 1.72. The zero-order chi connectivity index (χ0) is 15.1. The summed E-state index contributed by atoms with van der Waals surface area (Å²) in [6, 6.07) is 7.34. The molecule has 1 atom stereocenters. The van der Waals surface area contributed by atoms with Crippen molar-refractivity contribution in [3.05, 3.63) is 40.4 Å². The number of rotatable bonds is 3. The minimum absolute atomic E-state index is 0.262. The minimum atomic E-state index is -0.262. The number of methoxy groups -OCH3 is 3. The molecule has 0 amide bonds. The van der Waals surface area contributed by atoms with E-state index in [9.17, 15) is 0 Å². The summed E-state index contributed by atoms with van der Waals surface area (Å²) in [6.07, 6.45) is 0. The van der Waals surface area contributed by atoms with Crippen LogP contribution in [0.3, 0.4) is 0 Å². The van der Waals surface area contributed by atoms with E-state index in [-0.39, 0.29) is 6.04 Å². The number of halogens is 1. The summed E-state index contributed by atoms with van der Waals surface area (Å²) in [5.41, 5.74) is 10.0. The summed E-state index contributed by atoms with van der Waals surface area (Å²) in [5, 5.41) is 0.646. The van der Waals surface area contributed by atoms with Crippen LogP contribution >= 0.6 is 11.6 Å². The molecule has 0 heterocycles. The highest BCUT2D eigenvalue weighted by molar-refractivity contribution is 6.34. The zero-order valence-electron chi connectivity index (χ0n) is 12.1. The van der Waals surface area contributed by atoms with Crippen molar-refractivity contribution in [1.29, 1.82) is 0 Å². The van der Waals surface area contributed by atoms with E-state index >= 15 is 0 Å². The lowest BCUT2D eigenvalue weighted by molar-refractivity contribution is 0.325. The van der Waals surface area contributed by atoms with Crippen LogP contribution in [-0.2, 0) is 0 Å². The van der Waals surface area contributed by atoms with Gasteiger partial charge in [-0.15, -0.1) is 0 Å². The number of fused-ring (bicyclic) bond motifs is 3. The molecule has 1 aliphatic carbocycles. The Hall–Kier alpha value is -1.91. The number of nitrogens with two attached hydrogens (primary N) is 1. The van der Waals surface area contributed by atoms with E-state index in [1.165, 1.54) is 0 Å². The first kappa shape index (κ1) is 14.0. The molecule has 3 rings (SSSR count). The van der Waals surface area contributed by atoms with Crippen molar-refractivity contribution in [1.82, 2.24) is 0 Å². The second-order valence-electron chi connectivity index (χ2n) is 4.79. The molecule has 0 fully saturated rings. The summed E-state index contributed by atoms with van der Waals surface area (Å²) < 4.78 is 16.4. The van der Waals surface area contributed by atoms with Gasteiger partial charge in [0.2, 0.25) is 5.75 Å². The second kappa shape index (κ2) is 5.13. The normalized spacial score (nSPS) is 15.4. The zero-order valence-corrected chi connectivity index (χ0v) is 12.8. The first-order valence-corrected chi connectivity index (χ1v) is 6.89. The maximum absolute atomic E-state index is 6.38. The van der Waals surface area contributed by atoms with Crippen LogP contribution in [-0.4, -0.2) is 21.3 Å². The molecule has 5 heteroatoms. The first-order valence-electron chi connectivity index (χ1n) is 6.51. The van der Waals surface area contributed by atoms with E-state index < -0.39 is 0 Å². The Morgan fingerprint density at radius 3 is 2.29 bits per heavy atom. The number of ether oxygens (including phenoxy) is 3. The van der Waals surface area contributed by atoms with Crippen molar-refractivity contribution in [2.45, 2.75) is 6.04 Å². The van der Waals surface area contributed by atoms with Crippen molar-refractivity contribution in [2.24, 2.45) is 5.73 Å². The Labute approximate surface area is 128 Å². The molecule has 0 bridgehead atoms. The van der Waals surface area contributed by atoms with Gasteiger partial charge in [0, 0.05) is 16.1 Å².